The first-order valence-electron chi connectivity index (χ1n) is 8.66. The van der Waals surface area contributed by atoms with Crippen molar-refractivity contribution in [2.45, 2.75) is 58.4 Å². The number of Topliss-reactive ketones (excluding diaryl/α,β-unsaturated/α-hetero) is 1. The number of allylic oxidation sites excluding steroid dienone is 1. The summed E-state index contributed by atoms with van der Waals surface area (Å²) in [6, 6.07) is -0.604. The number of amides is 1. The van der Waals surface area contributed by atoms with E-state index in [-0.39, 0.29) is 35.4 Å². The van der Waals surface area contributed by atoms with Crippen molar-refractivity contribution in [1.29, 1.82) is 0 Å². The summed E-state index contributed by atoms with van der Waals surface area (Å²) in [6.45, 7) is 4.23. The number of fused-ring (bicyclic) bond motifs is 1. The molecule has 1 fully saturated rings. The lowest BCUT2D eigenvalue weighted by atomic mass is 9.89. The quantitative estimate of drug-likeness (QED) is 0.626. The number of carbonyl (C=O) groups is 3. The Hall–Kier alpha value is -1.65. The molecule has 0 aromatic carbocycles. The Bertz CT molecular complexity index is 485. The molecule has 2 aliphatic rings. The molecule has 0 aromatic rings. The van der Waals surface area contributed by atoms with E-state index in [1.54, 1.807) is 0 Å². The number of nitrogens with one attached hydrogen (secondary N) is 1. The molecule has 0 radical (unpaired) electrons. The lowest BCUT2D eigenvalue weighted by molar-refractivity contribution is -0.149. The average molecular weight is 321 g/mol. The van der Waals surface area contributed by atoms with Crippen LogP contribution in [-0.4, -0.2) is 30.3 Å². The zero-order chi connectivity index (χ0) is 16.8. The summed E-state index contributed by atoms with van der Waals surface area (Å²) in [6.07, 6.45) is 7.68. The predicted molar refractivity (Wildman–Crippen MR) is 86.6 cm³/mol. The second-order valence-corrected chi connectivity index (χ2v) is 6.67. The number of ketones is 1. The SMILES string of the molecule is CCC(C)C1NC(=O)CC2CCC(=O)C2CC=CCCOC1=O. The molecule has 1 aliphatic heterocycles. The van der Waals surface area contributed by atoms with E-state index in [9.17, 15) is 14.4 Å². The van der Waals surface area contributed by atoms with Crippen molar-refractivity contribution < 1.29 is 19.1 Å². The van der Waals surface area contributed by atoms with E-state index in [4.69, 9.17) is 4.74 Å². The summed E-state index contributed by atoms with van der Waals surface area (Å²) < 4.78 is 5.28. The van der Waals surface area contributed by atoms with Crippen LogP contribution in [0.25, 0.3) is 0 Å². The van der Waals surface area contributed by atoms with Gasteiger partial charge in [0.05, 0.1) is 6.61 Å². The van der Waals surface area contributed by atoms with Gasteiger partial charge in [0.15, 0.2) is 0 Å². The Morgan fingerprint density at radius 1 is 1.30 bits per heavy atom. The van der Waals surface area contributed by atoms with Crippen molar-refractivity contribution in [3.05, 3.63) is 12.2 Å². The molecular weight excluding hydrogens is 294 g/mol. The Morgan fingerprint density at radius 3 is 2.83 bits per heavy atom. The van der Waals surface area contributed by atoms with E-state index in [2.05, 4.69) is 5.32 Å². The maximum atomic E-state index is 12.4. The zero-order valence-electron chi connectivity index (χ0n) is 14.0. The van der Waals surface area contributed by atoms with Crippen LogP contribution in [-0.2, 0) is 19.1 Å². The van der Waals surface area contributed by atoms with E-state index in [1.165, 1.54) is 0 Å². The Kier molecular flexibility index (Phi) is 6.37. The number of hydrogen-bond donors (Lipinski definition) is 1. The van der Waals surface area contributed by atoms with Crippen LogP contribution in [0.2, 0.25) is 0 Å². The van der Waals surface area contributed by atoms with E-state index < -0.39 is 6.04 Å². The molecule has 5 nitrogen and oxygen atoms in total. The van der Waals surface area contributed by atoms with Gasteiger partial charge in [-0.15, -0.1) is 0 Å². The lowest BCUT2D eigenvalue weighted by Gasteiger charge is -2.24. The highest BCUT2D eigenvalue weighted by Crippen LogP contribution is 2.34. The second kappa shape index (κ2) is 8.27. The summed E-state index contributed by atoms with van der Waals surface area (Å²) in [5.74, 6) is -0.209. The van der Waals surface area contributed by atoms with E-state index in [0.29, 0.717) is 32.3 Å². The molecule has 23 heavy (non-hydrogen) atoms. The van der Waals surface area contributed by atoms with Crippen LogP contribution in [0.3, 0.4) is 0 Å². The Labute approximate surface area is 137 Å². The maximum Gasteiger partial charge on any atom is 0.328 e. The van der Waals surface area contributed by atoms with Crippen molar-refractivity contribution in [2.75, 3.05) is 6.61 Å². The fraction of sp³-hybridized carbons (Fsp3) is 0.722. The van der Waals surface area contributed by atoms with Gasteiger partial charge in [-0.3, -0.25) is 9.59 Å². The molecule has 0 spiro atoms. The van der Waals surface area contributed by atoms with Crippen LogP contribution in [0, 0.1) is 17.8 Å². The molecule has 128 valence electrons. The molecule has 4 atom stereocenters. The maximum absolute atomic E-state index is 12.4. The molecule has 1 heterocycles. The van der Waals surface area contributed by atoms with Crippen molar-refractivity contribution >= 4 is 17.7 Å². The van der Waals surface area contributed by atoms with Gasteiger partial charge in [-0.2, -0.15) is 0 Å². The fourth-order valence-electron chi connectivity index (χ4n) is 3.36. The van der Waals surface area contributed by atoms with Gasteiger partial charge in [0.1, 0.15) is 11.8 Å². The van der Waals surface area contributed by atoms with Crippen LogP contribution < -0.4 is 5.32 Å². The molecule has 1 aliphatic carbocycles. The van der Waals surface area contributed by atoms with Crippen LogP contribution in [0.5, 0.6) is 0 Å². The number of carbonyl (C=O) groups excluding carboxylic acids is 3. The van der Waals surface area contributed by atoms with Gasteiger partial charge in [0, 0.05) is 18.8 Å². The number of esters is 1. The van der Waals surface area contributed by atoms with Crippen molar-refractivity contribution in [2.24, 2.45) is 17.8 Å². The third kappa shape index (κ3) is 4.66. The third-order valence-corrected chi connectivity index (χ3v) is 5.06. The summed E-state index contributed by atoms with van der Waals surface area (Å²) in [7, 11) is 0. The summed E-state index contributed by atoms with van der Waals surface area (Å²) in [4.78, 5) is 36.6. The normalized spacial score (nSPS) is 31.2. The minimum Gasteiger partial charge on any atom is -0.464 e. The molecule has 0 bridgehead atoms. The van der Waals surface area contributed by atoms with Gasteiger partial charge in [-0.25, -0.2) is 4.79 Å². The molecular formula is C18H27NO4. The fourth-order valence-corrected chi connectivity index (χ4v) is 3.36. The third-order valence-electron chi connectivity index (χ3n) is 5.06. The zero-order valence-corrected chi connectivity index (χ0v) is 14.0. The summed E-state index contributed by atoms with van der Waals surface area (Å²) in [5.41, 5.74) is 0. The molecule has 0 aromatic heterocycles. The van der Waals surface area contributed by atoms with Crippen LogP contribution >= 0.6 is 0 Å². The minimum absolute atomic E-state index is 0.0214. The largest absolute Gasteiger partial charge is 0.464 e. The average Bonchev–Trinajstić information content (AvgIpc) is 2.87. The Balaban J connectivity index is 2.13. The first-order valence-corrected chi connectivity index (χ1v) is 8.66. The van der Waals surface area contributed by atoms with Gasteiger partial charge in [-0.05, 0) is 31.1 Å². The molecule has 4 unspecified atom stereocenters. The molecule has 0 saturated heterocycles. The monoisotopic (exact) mass is 321 g/mol. The van der Waals surface area contributed by atoms with Crippen LogP contribution in [0.1, 0.15) is 52.4 Å². The second-order valence-electron chi connectivity index (χ2n) is 6.67. The lowest BCUT2D eigenvalue weighted by Crippen LogP contribution is -2.46. The molecule has 1 amide bonds. The highest BCUT2D eigenvalue weighted by Gasteiger charge is 2.36. The number of ether oxygens (including phenoxy) is 1. The number of hydrogen-bond acceptors (Lipinski definition) is 4. The van der Waals surface area contributed by atoms with E-state index in [0.717, 1.165) is 12.8 Å². The Morgan fingerprint density at radius 2 is 2.09 bits per heavy atom. The van der Waals surface area contributed by atoms with Gasteiger partial charge in [0.2, 0.25) is 5.91 Å². The predicted octanol–water partition coefficient (Wildman–Crippen LogP) is 2.40. The van der Waals surface area contributed by atoms with Crippen molar-refractivity contribution in [3.8, 4) is 0 Å². The van der Waals surface area contributed by atoms with Crippen LogP contribution in [0.4, 0.5) is 0 Å². The minimum atomic E-state index is -0.604. The molecule has 1 saturated carbocycles. The van der Waals surface area contributed by atoms with Gasteiger partial charge >= 0.3 is 5.97 Å². The van der Waals surface area contributed by atoms with Gasteiger partial charge < -0.3 is 10.1 Å². The number of rotatable bonds is 2. The standard InChI is InChI=1S/C18H27NO4/c1-3-12(2)17-18(22)23-10-6-4-5-7-14-13(8-9-15(14)20)11-16(21)19-17/h4-5,12-14,17H,3,6-11H2,1-2H3,(H,19,21). The van der Waals surface area contributed by atoms with Crippen LogP contribution in [0.15, 0.2) is 12.2 Å². The topological polar surface area (TPSA) is 72.5 Å². The molecule has 5 heteroatoms. The summed E-state index contributed by atoms with van der Waals surface area (Å²) in [5, 5.41) is 2.84. The van der Waals surface area contributed by atoms with Gasteiger partial charge in [0.25, 0.3) is 0 Å². The van der Waals surface area contributed by atoms with E-state index >= 15 is 0 Å². The van der Waals surface area contributed by atoms with Crippen molar-refractivity contribution in [3.63, 3.8) is 0 Å². The highest BCUT2D eigenvalue weighted by molar-refractivity contribution is 5.87. The van der Waals surface area contributed by atoms with Crippen molar-refractivity contribution in [1.82, 2.24) is 5.32 Å². The highest BCUT2D eigenvalue weighted by atomic mass is 16.5. The first-order chi connectivity index (χ1) is 11.0. The molecule has 1 N–H and O–H groups in total. The molecule has 2 rings (SSSR count). The number of cyclic esters (lactones) is 1. The van der Waals surface area contributed by atoms with Gasteiger partial charge in [-0.1, -0.05) is 32.4 Å². The smallest absolute Gasteiger partial charge is 0.328 e. The first kappa shape index (κ1) is 17.7. The summed E-state index contributed by atoms with van der Waals surface area (Å²) >= 11 is 0. The van der Waals surface area contributed by atoms with E-state index in [1.807, 2.05) is 26.0 Å².